The molecule has 6 nitrogen and oxygen atoms in total. The lowest BCUT2D eigenvalue weighted by atomic mass is 9.80. The Morgan fingerprint density at radius 3 is 2.44 bits per heavy atom. The third kappa shape index (κ3) is 3.57. The van der Waals surface area contributed by atoms with E-state index in [1.165, 1.54) is 4.90 Å². The monoisotopic (exact) mass is 550 g/mol. The molecule has 0 aliphatic carbocycles. The van der Waals surface area contributed by atoms with Gasteiger partial charge in [0.15, 0.2) is 5.11 Å². The van der Waals surface area contributed by atoms with Crippen LogP contribution in [0.4, 0.5) is 5.69 Å². The highest BCUT2D eigenvalue weighted by Crippen LogP contribution is 2.46. The van der Waals surface area contributed by atoms with Gasteiger partial charge in [-0.05, 0) is 48.1 Å². The normalized spacial score (nSPS) is 22.7. The number of likely N-dealkylation sites (N-methyl/N-ethyl adjacent to an activating group) is 1. The van der Waals surface area contributed by atoms with Crippen LogP contribution < -0.4 is 4.90 Å². The first-order chi connectivity index (χ1) is 15.2. The van der Waals surface area contributed by atoms with Crippen LogP contribution in [-0.2, 0) is 9.59 Å². The van der Waals surface area contributed by atoms with Crippen molar-refractivity contribution in [1.29, 1.82) is 5.26 Å². The highest BCUT2D eigenvalue weighted by molar-refractivity contribution is 9.09. The second-order valence-corrected chi connectivity index (χ2v) is 9.53. The van der Waals surface area contributed by atoms with E-state index >= 15 is 0 Å². The average Bonchev–Trinajstić information content (AvgIpc) is 3.26. The lowest BCUT2D eigenvalue weighted by molar-refractivity contribution is -0.128. The molecule has 2 heterocycles. The summed E-state index contributed by atoms with van der Waals surface area (Å²) in [5.74, 6) is -0.715. The second kappa shape index (κ2) is 8.64. The third-order valence-electron chi connectivity index (χ3n) is 6.08. The van der Waals surface area contributed by atoms with Crippen molar-refractivity contribution < 1.29 is 9.59 Å². The Morgan fingerprint density at radius 1 is 1.25 bits per heavy atom. The summed E-state index contributed by atoms with van der Waals surface area (Å²) in [7, 11) is 1.77. The van der Waals surface area contributed by atoms with Crippen molar-refractivity contribution in [3.63, 3.8) is 0 Å². The van der Waals surface area contributed by atoms with Gasteiger partial charge in [-0.15, -0.1) is 0 Å². The van der Waals surface area contributed by atoms with Crippen LogP contribution in [0.15, 0.2) is 42.5 Å². The Hall–Kier alpha value is -2.18. The standard InChI is InChI=1S/C22H17BrCl2N4O2S/c1-27-21(32)29(17-7-15(24)6-16(25)8-17)20(31)22(27)12-28(19(30)9-23)11-18(22)14-4-2-13(10-26)3-5-14/h2-8,18H,9,11-12H2,1H3/t18-,22+/m0/s1. The van der Waals surface area contributed by atoms with E-state index in [-0.39, 0.29) is 29.6 Å². The number of amides is 2. The number of thiocarbonyl (C=S) groups is 1. The summed E-state index contributed by atoms with van der Waals surface area (Å²) >= 11 is 21.3. The maximum absolute atomic E-state index is 14.0. The Kier molecular flexibility index (Phi) is 6.21. The van der Waals surface area contributed by atoms with E-state index < -0.39 is 5.54 Å². The van der Waals surface area contributed by atoms with Crippen molar-refractivity contribution in [3.05, 3.63) is 63.6 Å². The van der Waals surface area contributed by atoms with Crippen molar-refractivity contribution in [2.75, 3.05) is 30.4 Å². The minimum Gasteiger partial charge on any atom is -0.338 e. The molecular weight excluding hydrogens is 535 g/mol. The molecule has 0 saturated carbocycles. The molecule has 0 bridgehead atoms. The number of nitriles is 1. The minimum atomic E-state index is -1.10. The van der Waals surface area contributed by atoms with Crippen molar-refractivity contribution in [1.82, 2.24) is 9.80 Å². The quantitative estimate of drug-likeness (QED) is 0.423. The van der Waals surface area contributed by atoms with Gasteiger partial charge in [0.1, 0.15) is 5.54 Å². The number of halogens is 3. The van der Waals surface area contributed by atoms with Gasteiger partial charge in [-0.2, -0.15) is 5.26 Å². The van der Waals surface area contributed by atoms with E-state index in [9.17, 15) is 9.59 Å². The lowest BCUT2D eigenvalue weighted by Gasteiger charge is -2.34. The molecule has 2 aromatic carbocycles. The fraction of sp³-hybridized carbons (Fsp3) is 0.273. The maximum Gasteiger partial charge on any atom is 0.261 e. The SMILES string of the molecule is CN1C(=S)N(c2cc(Cl)cc(Cl)c2)C(=O)[C@]12CN(C(=O)CBr)C[C@H]2c1ccc(C#N)cc1. The first-order valence-electron chi connectivity index (χ1n) is 9.65. The summed E-state index contributed by atoms with van der Waals surface area (Å²) in [6, 6.07) is 14.0. The minimum absolute atomic E-state index is 0.114. The summed E-state index contributed by atoms with van der Waals surface area (Å²) in [5, 5.41) is 10.4. The smallest absolute Gasteiger partial charge is 0.261 e. The zero-order valence-corrected chi connectivity index (χ0v) is 20.8. The molecule has 2 fully saturated rings. The number of carbonyl (C=O) groups is 2. The van der Waals surface area contributed by atoms with Crippen LogP contribution in [0.1, 0.15) is 17.0 Å². The number of anilines is 1. The Morgan fingerprint density at radius 2 is 1.88 bits per heavy atom. The molecule has 2 aliphatic heterocycles. The topological polar surface area (TPSA) is 67.7 Å². The summed E-state index contributed by atoms with van der Waals surface area (Å²) in [6.07, 6.45) is 0. The summed E-state index contributed by atoms with van der Waals surface area (Å²) in [4.78, 5) is 31.5. The molecule has 164 valence electrons. The Bertz CT molecular complexity index is 1150. The molecule has 0 unspecified atom stereocenters. The van der Waals surface area contributed by atoms with Gasteiger partial charge < -0.3 is 9.80 Å². The van der Waals surface area contributed by atoms with Gasteiger partial charge >= 0.3 is 0 Å². The zero-order chi connectivity index (χ0) is 23.2. The van der Waals surface area contributed by atoms with Gasteiger partial charge in [0.05, 0.1) is 29.2 Å². The van der Waals surface area contributed by atoms with Gasteiger partial charge in [-0.25, -0.2) is 0 Å². The van der Waals surface area contributed by atoms with E-state index in [0.29, 0.717) is 33.0 Å². The number of carbonyl (C=O) groups excluding carboxylic acids is 2. The number of nitrogens with zero attached hydrogens (tertiary/aromatic N) is 4. The second-order valence-electron chi connectivity index (χ2n) is 7.73. The largest absolute Gasteiger partial charge is 0.338 e. The molecule has 2 aliphatic rings. The Balaban J connectivity index is 1.84. The predicted octanol–water partition coefficient (Wildman–Crippen LogP) is 4.19. The molecule has 0 radical (unpaired) electrons. The van der Waals surface area contributed by atoms with Gasteiger partial charge in [-0.1, -0.05) is 51.3 Å². The molecule has 2 atom stereocenters. The summed E-state index contributed by atoms with van der Waals surface area (Å²) in [5.41, 5.74) is 0.747. The molecule has 2 saturated heterocycles. The molecule has 32 heavy (non-hydrogen) atoms. The van der Waals surface area contributed by atoms with Gasteiger partial charge in [0.25, 0.3) is 5.91 Å². The first kappa shape index (κ1) is 23.0. The molecule has 4 rings (SSSR count). The van der Waals surface area contributed by atoms with Crippen LogP contribution in [0.25, 0.3) is 0 Å². The van der Waals surface area contributed by atoms with E-state index in [0.717, 1.165) is 5.56 Å². The molecule has 2 aromatic rings. The highest BCUT2D eigenvalue weighted by Gasteiger charge is 2.63. The molecule has 2 amide bonds. The predicted molar refractivity (Wildman–Crippen MR) is 131 cm³/mol. The number of benzene rings is 2. The zero-order valence-electron chi connectivity index (χ0n) is 16.9. The van der Waals surface area contributed by atoms with Crippen LogP contribution >= 0.6 is 51.3 Å². The van der Waals surface area contributed by atoms with E-state index in [1.807, 2.05) is 12.1 Å². The van der Waals surface area contributed by atoms with Gasteiger partial charge in [0, 0.05) is 29.6 Å². The molecule has 0 aromatic heterocycles. The van der Waals surface area contributed by atoms with Crippen LogP contribution in [0.5, 0.6) is 0 Å². The number of rotatable bonds is 3. The van der Waals surface area contributed by atoms with Crippen molar-refractivity contribution in [2.45, 2.75) is 11.5 Å². The fourth-order valence-corrected chi connectivity index (χ4v) is 5.70. The van der Waals surface area contributed by atoms with Crippen molar-refractivity contribution >= 4 is 74.0 Å². The van der Waals surface area contributed by atoms with Crippen LogP contribution in [0.2, 0.25) is 10.0 Å². The van der Waals surface area contributed by atoms with Crippen molar-refractivity contribution in [2.24, 2.45) is 0 Å². The van der Waals surface area contributed by atoms with Crippen LogP contribution in [0.3, 0.4) is 0 Å². The summed E-state index contributed by atoms with van der Waals surface area (Å²) < 4.78 is 0. The third-order valence-corrected chi connectivity index (χ3v) is 7.45. The number of likely N-dealkylation sites (tertiary alicyclic amines) is 1. The lowest BCUT2D eigenvalue weighted by Crippen LogP contribution is -2.54. The van der Waals surface area contributed by atoms with Crippen LogP contribution in [-0.4, -0.2) is 57.7 Å². The van der Waals surface area contributed by atoms with Gasteiger partial charge in [0.2, 0.25) is 5.91 Å². The molecule has 10 heteroatoms. The van der Waals surface area contributed by atoms with E-state index in [4.69, 9.17) is 40.7 Å². The number of hydrogen-bond acceptors (Lipinski definition) is 4. The Labute approximate surface area is 209 Å². The number of hydrogen-bond donors (Lipinski definition) is 0. The first-order valence-corrected chi connectivity index (χ1v) is 11.9. The highest BCUT2D eigenvalue weighted by atomic mass is 79.9. The van der Waals surface area contributed by atoms with Crippen molar-refractivity contribution in [3.8, 4) is 6.07 Å². The van der Waals surface area contributed by atoms with E-state index in [1.54, 1.807) is 47.2 Å². The van der Waals surface area contributed by atoms with Crippen LogP contribution in [0, 0.1) is 11.3 Å². The number of alkyl halides is 1. The van der Waals surface area contributed by atoms with Gasteiger partial charge in [-0.3, -0.25) is 14.5 Å². The molecule has 0 N–H and O–H groups in total. The average molecular weight is 552 g/mol. The molecular formula is C22H17BrCl2N4O2S. The molecule has 1 spiro atoms. The maximum atomic E-state index is 14.0. The summed E-state index contributed by atoms with van der Waals surface area (Å²) in [6.45, 7) is 0.529. The van der Waals surface area contributed by atoms with E-state index in [2.05, 4.69) is 22.0 Å². The fourth-order valence-electron chi connectivity index (χ4n) is 4.48.